The lowest BCUT2D eigenvalue weighted by Crippen LogP contribution is -2.02. The second-order valence-corrected chi connectivity index (χ2v) is 5.75. The van der Waals surface area contributed by atoms with Crippen LogP contribution in [0.5, 0.6) is 0 Å². The summed E-state index contributed by atoms with van der Waals surface area (Å²) in [5.74, 6) is 0. The smallest absolute Gasteiger partial charge is 0.0502 e. The van der Waals surface area contributed by atoms with Gasteiger partial charge in [0, 0.05) is 0 Å². The maximum Gasteiger partial charge on any atom is 0.0502 e. The molecule has 0 rings (SSSR count). The zero-order valence-corrected chi connectivity index (χ0v) is 7.50. The summed E-state index contributed by atoms with van der Waals surface area (Å²) in [6, 6.07) is 0. The summed E-state index contributed by atoms with van der Waals surface area (Å²) < 4.78 is 4.84. The first-order valence-electron chi connectivity index (χ1n) is 2.99. The zero-order chi connectivity index (χ0) is 7.33. The minimum atomic E-state index is -2.61. The van der Waals surface area contributed by atoms with E-state index in [9.17, 15) is 4.89 Å². The monoisotopic (exact) mass is 167 g/mol. The van der Waals surface area contributed by atoms with Crippen molar-refractivity contribution in [1.82, 2.24) is 0 Å². The summed E-state index contributed by atoms with van der Waals surface area (Å²) in [5, 5.41) is 0. The van der Waals surface area contributed by atoms with Crippen molar-refractivity contribution in [2.24, 2.45) is 0 Å². The van der Waals surface area contributed by atoms with Gasteiger partial charge in [0.15, 0.2) is 0 Å². The van der Waals surface area contributed by atoms with E-state index in [0.717, 1.165) is 12.8 Å². The van der Waals surface area contributed by atoms with E-state index in [-0.39, 0.29) is 0 Å². The van der Waals surface area contributed by atoms with Gasteiger partial charge in [0.2, 0.25) is 0 Å². The Kier molecular flexibility index (Phi) is 4.67. The summed E-state index contributed by atoms with van der Waals surface area (Å²) in [4.78, 5) is 10.7. The van der Waals surface area contributed by atoms with Crippen molar-refractivity contribution >= 4 is 18.3 Å². The third-order valence-electron chi connectivity index (χ3n) is 0.824. The van der Waals surface area contributed by atoms with Crippen molar-refractivity contribution in [3.8, 4) is 0 Å². The highest BCUT2D eigenvalue weighted by atomic mass is 32.5. The fourth-order valence-electron chi connectivity index (χ4n) is 0.375. The lowest BCUT2D eigenvalue weighted by atomic mass is 10.4. The minimum Gasteiger partial charge on any atom is -0.801 e. The van der Waals surface area contributed by atoms with Gasteiger partial charge in [0.05, 0.1) is 6.61 Å². The second-order valence-electron chi connectivity index (χ2n) is 1.96. The van der Waals surface area contributed by atoms with Crippen LogP contribution in [0.3, 0.4) is 0 Å². The summed E-state index contributed by atoms with van der Waals surface area (Å²) in [6.07, 6.45) is 1.99. The average molecular weight is 167 g/mol. The molecule has 0 aromatic rings. The predicted molar refractivity (Wildman–Crippen MR) is 41.1 cm³/mol. The number of rotatable bonds is 4. The van der Waals surface area contributed by atoms with Gasteiger partial charge in [-0.1, -0.05) is 25.2 Å². The second kappa shape index (κ2) is 4.40. The molecule has 0 aromatic heterocycles. The van der Waals surface area contributed by atoms with Crippen molar-refractivity contribution in [2.45, 2.75) is 19.8 Å². The van der Waals surface area contributed by atoms with E-state index in [0.29, 0.717) is 6.61 Å². The van der Waals surface area contributed by atoms with Crippen molar-refractivity contribution in [3.63, 3.8) is 0 Å². The fraction of sp³-hybridized carbons (Fsp3) is 1.00. The van der Waals surface area contributed by atoms with Gasteiger partial charge in [-0.05, 0) is 19.6 Å². The lowest BCUT2D eigenvalue weighted by molar-refractivity contribution is -0.180. The third-order valence-corrected chi connectivity index (χ3v) is 1.79. The molecule has 1 unspecified atom stereocenters. The molecule has 0 aliphatic heterocycles. The van der Waals surface area contributed by atoms with Crippen LogP contribution in [0.4, 0.5) is 0 Å². The van der Waals surface area contributed by atoms with Crippen molar-refractivity contribution in [2.75, 3.05) is 13.3 Å². The Morgan fingerprint density at radius 2 is 2.22 bits per heavy atom. The van der Waals surface area contributed by atoms with Crippen LogP contribution in [0.2, 0.25) is 0 Å². The summed E-state index contributed by atoms with van der Waals surface area (Å²) >= 11 is 4.53. The van der Waals surface area contributed by atoms with Gasteiger partial charge in [0.1, 0.15) is 0 Å². The van der Waals surface area contributed by atoms with Gasteiger partial charge in [-0.15, -0.1) is 0 Å². The minimum absolute atomic E-state index is 0.535. The van der Waals surface area contributed by atoms with Gasteiger partial charge in [-0.25, -0.2) is 0 Å². The molecule has 1 atom stereocenters. The molecule has 0 heterocycles. The Balaban J connectivity index is 3.18. The Morgan fingerprint density at radius 1 is 1.67 bits per heavy atom. The molecular weight excluding hydrogens is 155 g/mol. The standard InChI is InChI=1S/C5H13O2PS/c1-3-4-5-7-8(2,6)9/h3-5H2,1-2H3,(H,6,9)/p-1. The highest BCUT2D eigenvalue weighted by molar-refractivity contribution is 8.08. The molecule has 0 aromatic carbocycles. The molecule has 0 fully saturated rings. The van der Waals surface area contributed by atoms with Gasteiger partial charge >= 0.3 is 0 Å². The van der Waals surface area contributed by atoms with Crippen LogP contribution in [0.15, 0.2) is 0 Å². The van der Waals surface area contributed by atoms with Crippen molar-refractivity contribution in [1.29, 1.82) is 0 Å². The molecule has 0 amide bonds. The normalized spacial score (nSPS) is 17.2. The third kappa shape index (κ3) is 8.57. The molecule has 0 radical (unpaired) electrons. The van der Waals surface area contributed by atoms with Crippen LogP contribution < -0.4 is 4.89 Å². The Labute approximate surface area is 61.4 Å². The molecule has 0 N–H and O–H groups in total. The summed E-state index contributed by atoms with van der Waals surface area (Å²) in [5.41, 5.74) is 0. The molecular formula is C5H12O2PS-. The van der Waals surface area contributed by atoms with Crippen LogP contribution in [0, 0.1) is 0 Å². The molecule has 0 saturated carbocycles. The first-order valence-corrected chi connectivity index (χ1v) is 6.08. The Bertz CT molecular complexity index is 110. The average Bonchev–Trinajstić information content (AvgIpc) is 1.63. The van der Waals surface area contributed by atoms with Crippen molar-refractivity contribution in [3.05, 3.63) is 0 Å². The molecule has 9 heavy (non-hydrogen) atoms. The number of hydrogen-bond acceptors (Lipinski definition) is 3. The first kappa shape index (κ1) is 9.57. The van der Waals surface area contributed by atoms with Crippen molar-refractivity contribution < 1.29 is 9.42 Å². The van der Waals surface area contributed by atoms with Gasteiger partial charge in [0.25, 0.3) is 0 Å². The van der Waals surface area contributed by atoms with E-state index in [1.54, 1.807) is 0 Å². The molecule has 0 bridgehead atoms. The SMILES string of the molecule is CCCCOP(C)([O-])=S. The number of unbranched alkanes of at least 4 members (excludes halogenated alkanes) is 1. The molecule has 2 nitrogen and oxygen atoms in total. The quantitative estimate of drug-likeness (QED) is 0.464. The van der Waals surface area contributed by atoms with E-state index >= 15 is 0 Å². The Hall–Kier alpha value is 0.570. The van der Waals surface area contributed by atoms with Gasteiger partial charge in [-0.2, -0.15) is 0 Å². The molecule has 0 saturated heterocycles. The van der Waals surface area contributed by atoms with E-state index in [4.69, 9.17) is 4.52 Å². The predicted octanol–water partition coefficient (Wildman–Crippen LogP) is 1.10. The van der Waals surface area contributed by atoms with Crippen LogP contribution in [-0.2, 0) is 16.3 Å². The zero-order valence-electron chi connectivity index (χ0n) is 5.79. The highest BCUT2D eigenvalue weighted by Crippen LogP contribution is 2.31. The molecule has 0 spiro atoms. The van der Waals surface area contributed by atoms with E-state index < -0.39 is 6.49 Å². The van der Waals surface area contributed by atoms with E-state index in [1.807, 2.05) is 6.92 Å². The molecule has 4 heteroatoms. The maximum absolute atomic E-state index is 10.7. The van der Waals surface area contributed by atoms with Crippen LogP contribution >= 0.6 is 6.49 Å². The van der Waals surface area contributed by atoms with E-state index in [2.05, 4.69) is 11.8 Å². The lowest BCUT2D eigenvalue weighted by Gasteiger charge is -2.21. The molecule has 0 aliphatic rings. The molecule has 0 aliphatic carbocycles. The maximum atomic E-state index is 10.7. The van der Waals surface area contributed by atoms with Crippen LogP contribution in [0.25, 0.3) is 0 Å². The van der Waals surface area contributed by atoms with Crippen LogP contribution in [0.1, 0.15) is 19.8 Å². The first-order chi connectivity index (χ1) is 4.06. The summed E-state index contributed by atoms with van der Waals surface area (Å²) in [7, 11) is 0. The molecule has 56 valence electrons. The van der Waals surface area contributed by atoms with Gasteiger partial charge in [-0.3, -0.25) is 0 Å². The highest BCUT2D eigenvalue weighted by Gasteiger charge is 1.90. The fourth-order valence-corrected chi connectivity index (χ4v) is 1.06. The van der Waals surface area contributed by atoms with Crippen LogP contribution in [-0.4, -0.2) is 13.3 Å². The van der Waals surface area contributed by atoms with E-state index in [1.165, 1.54) is 6.66 Å². The van der Waals surface area contributed by atoms with Gasteiger partial charge < -0.3 is 9.42 Å². The summed E-state index contributed by atoms with van der Waals surface area (Å²) in [6.45, 7) is 1.43. The Morgan fingerprint density at radius 3 is 2.56 bits per heavy atom. The largest absolute Gasteiger partial charge is 0.801 e. The number of hydrogen-bond donors (Lipinski definition) is 0. The topological polar surface area (TPSA) is 32.3 Å².